The van der Waals surface area contributed by atoms with E-state index < -0.39 is 0 Å². The van der Waals surface area contributed by atoms with E-state index in [0.29, 0.717) is 11.5 Å². The molecule has 0 spiro atoms. The molecule has 5 nitrogen and oxygen atoms in total. The van der Waals surface area contributed by atoms with Gasteiger partial charge in [-0.25, -0.2) is 0 Å². The number of fused-ring (bicyclic) bond motifs is 1. The van der Waals surface area contributed by atoms with Crippen molar-refractivity contribution in [2.75, 3.05) is 0 Å². The number of aromatic amines is 1. The largest absolute Gasteiger partial charge is 0.420 e. The molecule has 1 aliphatic rings. The summed E-state index contributed by atoms with van der Waals surface area (Å²) in [6.45, 7) is 6.19. The molecule has 0 saturated carbocycles. The van der Waals surface area contributed by atoms with Crippen LogP contribution in [0.5, 0.6) is 5.88 Å². The number of H-pyrrole nitrogens is 1. The zero-order valence-corrected chi connectivity index (χ0v) is 14.7. The number of nitrogens with two attached hydrogens (primary N) is 1. The van der Waals surface area contributed by atoms with Crippen LogP contribution in [0.3, 0.4) is 0 Å². The molecule has 23 heavy (non-hydrogen) atoms. The van der Waals surface area contributed by atoms with Crippen molar-refractivity contribution in [2.45, 2.75) is 32.1 Å². The quantitative estimate of drug-likeness (QED) is 0.798. The number of ether oxygens (including phenoxy) is 1. The zero-order chi connectivity index (χ0) is 16.8. The normalized spacial score (nSPS) is 17.4. The molecule has 118 valence electrons. The van der Waals surface area contributed by atoms with E-state index in [-0.39, 0.29) is 17.2 Å². The van der Waals surface area contributed by atoms with Gasteiger partial charge in [0.05, 0.1) is 11.6 Å². The Morgan fingerprint density at radius 2 is 1.96 bits per heavy atom. The highest BCUT2D eigenvalue weighted by atomic mass is 79.9. The summed E-state index contributed by atoms with van der Waals surface area (Å²) in [5, 5.41) is 9.53. The number of benzene rings is 1. The van der Waals surface area contributed by atoms with Gasteiger partial charge in [-0.1, -0.05) is 48.8 Å². The predicted octanol–water partition coefficient (Wildman–Crippen LogP) is 3.69. The number of hydrogen-bond donors (Lipinski definition) is 2. The third kappa shape index (κ3) is 2.73. The maximum absolute atomic E-state index is 9.53. The van der Waals surface area contributed by atoms with Gasteiger partial charge in [0.2, 0.25) is 11.8 Å². The van der Waals surface area contributed by atoms with Crippen LogP contribution in [0.2, 0.25) is 0 Å². The number of halogens is 1. The summed E-state index contributed by atoms with van der Waals surface area (Å²) in [5.74, 6) is 1.05. The summed E-state index contributed by atoms with van der Waals surface area (Å²) in [6.07, 6.45) is 0. The zero-order valence-electron chi connectivity index (χ0n) is 13.1. The summed E-state index contributed by atoms with van der Waals surface area (Å²) >= 11 is 3.43. The Bertz CT molecular complexity index is 822. The second-order valence-electron chi connectivity index (χ2n) is 6.53. The second kappa shape index (κ2) is 5.43. The first-order valence-electron chi connectivity index (χ1n) is 7.24. The molecule has 1 aromatic carbocycles. The first-order valence-corrected chi connectivity index (χ1v) is 8.04. The first kappa shape index (κ1) is 15.6. The molecular weight excluding hydrogens is 356 g/mol. The van der Waals surface area contributed by atoms with Crippen LogP contribution in [-0.4, -0.2) is 9.97 Å². The third-order valence-electron chi connectivity index (χ3n) is 3.78. The molecular formula is C17H17BrN4O. The van der Waals surface area contributed by atoms with Gasteiger partial charge in [0.25, 0.3) is 0 Å². The molecule has 3 rings (SSSR count). The first-order chi connectivity index (χ1) is 10.8. The Hall–Kier alpha value is -2.26. The topological polar surface area (TPSA) is 87.7 Å². The van der Waals surface area contributed by atoms with Crippen molar-refractivity contribution in [3.05, 3.63) is 57.3 Å². The van der Waals surface area contributed by atoms with E-state index in [2.05, 4.69) is 52.7 Å². The highest BCUT2D eigenvalue weighted by molar-refractivity contribution is 9.10. The van der Waals surface area contributed by atoms with Crippen LogP contribution < -0.4 is 10.5 Å². The summed E-state index contributed by atoms with van der Waals surface area (Å²) in [5.41, 5.74) is 7.91. The van der Waals surface area contributed by atoms with Gasteiger partial charge < -0.3 is 15.5 Å². The Balaban J connectivity index is 2.18. The summed E-state index contributed by atoms with van der Waals surface area (Å²) in [7, 11) is 0. The van der Waals surface area contributed by atoms with E-state index in [4.69, 9.17) is 10.5 Å². The number of aromatic nitrogens is 2. The molecule has 1 atom stereocenters. The number of nitrogens with one attached hydrogen (secondary N) is 1. The Morgan fingerprint density at radius 3 is 2.52 bits per heavy atom. The third-order valence-corrected chi connectivity index (χ3v) is 4.31. The van der Waals surface area contributed by atoms with Crippen LogP contribution in [0.1, 0.15) is 43.8 Å². The fourth-order valence-corrected chi connectivity index (χ4v) is 2.82. The lowest BCUT2D eigenvalue weighted by atomic mass is 9.88. The summed E-state index contributed by atoms with van der Waals surface area (Å²) in [4.78, 5) is 7.86. The van der Waals surface area contributed by atoms with Gasteiger partial charge in [-0.15, -0.1) is 0 Å². The lowest BCUT2D eigenvalue weighted by molar-refractivity contribution is 0.378. The lowest BCUT2D eigenvalue weighted by Gasteiger charge is -2.22. The predicted molar refractivity (Wildman–Crippen MR) is 90.7 cm³/mol. The highest BCUT2D eigenvalue weighted by Gasteiger charge is 2.35. The number of nitrogens with zero attached hydrogens (tertiary/aromatic N) is 2. The van der Waals surface area contributed by atoms with Gasteiger partial charge in [0.1, 0.15) is 17.5 Å². The fraction of sp³-hybridized carbons (Fsp3) is 0.294. The molecule has 0 aliphatic carbocycles. The summed E-state index contributed by atoms with van der Waals surface area (Å²) < 4.78 is 6.55. The smallest absolute Gasteiger partial charge is 0.243 e. The van der Waals surface area contributed by atoms with Gasteiger partial charge in [0, 0.05) is 9.89 Å². The van der Waals surface area contributed by atoms with Crippen molar-refractivity contribution in [3.8, 4) is 11.9 Å². The van der Waals surface area contributed by atoms with Gasteiger partial charge in [0.15, 0.2) is 0 Å². The highest BCUT2D eigenvalue weighted by Crippen LogP contribution is 2.41. The molecule has 0 fully saturated rings. The van der Waals surface area contributed by atoms with Crippen molar-refractivity contribution < 1.29 is 4.74 Å². The number of nitriles is 1. The maximum Gasteiger partial charge on any atom is 0.243 e. The molecule has 2 heterocycles. The lowest BCUT2D eigenvalue weighted by Crippen LogP contribution is -2.21. The van der Waals surface area contributed by atoms with Crippen LogP contribution >= 0.6 is 15.9 Å². The van der Waals surface area contributed by atoms with Crippen molar-refractivity contribution in [1.29, 1.82) is 5.26 Å². The van der Waals surface area contributed by atoms with E-state index in [0.717, 1.165) is 21.6 Å². The SMILES string of the molecule is CC(C)(C)c1nc2c([nH]1)C(c1ccc(Br)cc1)C(C#N)=C(N)O2. The molecule has 1 unspecified atom stereocenters. The monoisotopic (exact) mass is 372 g/mol. The second-order valence-corrected chi connectivity index (χ2v) is 7.45. The van der Waals surface area contributed by atoms with Crippen molar-refractivity contribution in [2.24, 2.45) is 5.73 Å². The van der Waals surface area contributed by atoms with Gasteiger partial charge in [-0.3, -0.25) is 0 Å². The van der Waals surface area contributed by atoms with Gasteiger partial charge in [-0.05, 0) is 17.7 Å². The van der Waals surface area contributed by atoms with Crippen molar-refractivity contribution in [1.82, 2.24) is 9.97 Å². The Kier molecular flexibility index (Phi) is 3.69. The van der Waals surface area contributed by atoms with E-state index in [9.17, 15) is 5.26 Å². The minimum Gasteiger partial charge on any atom is -0.420 e. The van der Waals surface area contributed by atoms with Gasteiger partial charge >= 0.3 is 0 Å². The van der Waals surface area contributed by atoms with E-state index in [1.54, 1.807) is 0 Å². The molecule has 6 heteroatoms. The standard InChI is InChI=1S/C17H17BrN4O/c1-17(2,3)16-21-13-12(9-4-6-10(18)7-5-9)11(8-19)14(20)23-15(13)22-16/h4-7,12H,20H2,1-3H3,(H,21,22). The Labute approximate surface area is 143 Å². The van der Waals surface area contributed by atoms with Crippen LogP contribution in [-0.2, 0) is 5.41 Å². The molecule has 3 N–H and O–H groups in total. The number of rotatable bonds is 1. The number of imidazole rings is 1. The van der Waals surface area contributed by atoms with E-state index >= 15 is 0 Å². The number of hydrogen-bond acceptors (Lipinski definition) is 4. The molecule has 2 aromatic rings. The van der Waals surface area contributed by atoms with Crippen LogP contribution in [0.4, 0.5) is 0 Å². The van der Waals surface area contributed by atoms with Gasteiger partial charge in [-0.2, -0.15) is 10.2 Å². The van der Waals surface area contributed by atoms with Crippen LogP contribution in [0.25, 0.3) is 0 Å². The summed E-state index contributed by atoms with van der Waals surface area (Å²) in [6, 6.07) is 9.99. The number of allylic oxidation sites excluding steroid dienone is 1. The van der Waals surface area contributed by atoms with E-state index in [1.807, 2.05) is 24.3 Å². The fourth-order valence-electron chi connectivity index (χ4n) is 2.55. The molecule has 0 saturated heterocycles. The minimum atomic E-state index is -0.305. The van der Waals surface area contributed by atoms with Crippen LogP contribution in [0, 0.1) is 11.3 Å². The average Bonchev–Trinajstić information content (AvgIpc) is 2.90. The molecule has 0 bridgehead atoms. The Morgan fingerprint density at radius 1 is 1.30 bits per heavy atom. The average molecular weight is 373 g/mol. The molecule has 0 amide bonds. The van der Waals surface area contributed by atoms with Crippen LogP contribution in [0.15, 0.2) is 40.2 Å². The molecule has 1 aliphatic heterocycles. The molecule has 1 aromatic heterocycles. The van der Waals surface area contributed by atoms with E-state index in [1.165, 1.54) is 0 Å². The maximum atomic E-state index is 9.53. The molecule has 0 radical (unpaired) electrons. The van der Waals surface area contributed by atoms with Crippen molar-refractivity contribution in [3.63, 3.8) is 0 Å². The minimum absolute atomic E-state index is 0.111. The van der Waals surface area contributed by atoms with Crippen molar-refractivity contribution >= 4 is 15.9 Å².